The number of ether oxygens (including phenoxy) is 2. The van der Waals surface area contributed by atoms with Crippen LogP contribution in [0.25, 0.3) is 0 Å². The van der Waals surface area contributed by atoms with Gasteiger partial charge < -0.3 is 14.4 Å². The molecule has 0 aliphatic heterocycles. The van der Waals surface area contributed by atoms with E-state index in [9.17, 15) is 13.2 Å². The standard InChI is InChI=1S/C20H26N2O5S/c1-6-22(14-15-10-11-18(26-4)19(12-15)27-5)20(23)16-8-7-9-17(13-16)28(24,25)21(2)3/h7-13H,6,14H2,1-5H3. The molecule has 0 aromatic heterocycles. The highest BCUT2D eigenvalue weighted by Gasteiger charge is 2.21. The zero-order valence-electron chi connectivity index (χ0n) is 16.8. The highest BCUT2D eigenvalue weighted by molar-refractivity contribution is 7.89. The second-order valence-corrected chi connectivity index (χ2v) is 8.48. The number of sulfonamides is 1. The van der Waals surface area contributed by atoms with Gasteiger partial charge in [-0.2, -0.15) is 0 Å². The van der Waals surface area contributed by atoms with E-state index in [4.69, 9.17) is 9.47 Å². The number of methoxy groups -OCH3 is 2. The van der Waals surface area contributed by atoms with Gasteiger partial charge in [0.25, 0.3) is 5.91 Å². The minimum absolute atomic E-state index is 0.0884. The summed E-state index contributed by atoms with van der Waals surface area (Å²) >= 11 is 0. The molecular weight excluding hydrogens is 380 g/mol. The first-order chi connectivity index (χ1) is 13.2. The van der Waals surface area contributed by atoms with Gasteiger partial charge in [-0.1, -0.05) is 12.1 Å². The third-order valence-corrected chi connectivity index (χ3v) is 6.16. The lowest BCUT2D eigenvalue weighted by Crippen LogP contribution is -2.30. The number of carbonyl (C=O) groups excluding carboxylic acids is 1. The molecule has 1 amide bonds. The number of nitrogens with zero attached hydrogens (tertiary/aromatic N) is 2. The van der Waals surface area contributed by atoms with Crippen LogP contribution in [0, 0.1) is 0 Å². The molecule has 152 valence electrons. The number of benzene rings is 2. The van der Waals surface area contributed by atoms with E-state index in [0.717, 1.165) is 9.87 Å². The molecule has 0 saturated carbocycles. The summed E-state index contributed by atoms with van der Waals surface area (Å²) in [5.41, 5.74) is 1.20. The third kappa shape index (κ3) is 4.63. The molecule has 0 unspecified atom stereocenters. The lowest BCUT2D eigenvalue weighted by atomic mass is 10.1. The summed E-state index contributed by atoms with van der Waals surface area (Å²) in [6.45, 7) is 2.71. The van der Waals surface area contributed by atoms with Crippen LogP contribution in [0.15, 0.2) is 47.4 Å². The van der Waals surface area contributed by atoms with Crippen molar-refractivity contribution in [3.63, 3.8) is 0 Å². The first kappa shape index (κ1) is 21.7. The van der Waals surface area contributed by atoms with Crippen molar-refractivity contribution in [1.82, 2.24) is 9.21 Å². The Morgan fingerprint density at radius 2 is 1.68 bits per heavy atom. The van der Waals surface area contributed by atoms with Crippen molar-refractivity contribution >= 4 is 15.9 Å². The van der Waals surface area contributed by atoms with Crippen molar-refractivity contribution < 1.29 is 22.7 Å². The number of hydrogen-bond acceptors (Lipinski definition) is 5. The molecular formula is C20H26N2O5S. The van der Waals surface area contributed by atoms with Crippen molar-refractivity contribution in [3.05, 3.63) is 53.6 Å². The fourth-order valence-electron chi connectivity index (χ4n) is 2.71. The van der Waals surface area contributed by atoms with Crippen LogP contribution in [0.4, 0.5) is 0 Å². The number of hydrogen-bond donors (Lipinski definition) is 0. The van der Waals surface area contributed by atoms with Gasteiger partial charge in [0.15, 0.2) is 11.5 Å². The summed E-state index contributed by atoms with van der Waals surface area (Å²) in [7, 11) is 2.43. The Balaban J connectivity index is 2.29. The number of carbonyl (C=O) groups is 1. The molecule has 8 heteroatoms. The van der Waals surface area contributed by atoms with Crippen LogP contribution in [0.5, 0.6) is 11.5 Å². The normalized spacial score (nSPS) is 11.4. The molecule has 0 atom stereocenters. The average molecular weight is 407 g/mol. The summed E-state index contributed by atoms with van der Waals surface area (Å²) in [5.74, 6) is 0.956. The Kier molecular flexibility index (Phi) is 7.04. The van der Waals surface area contributed by atoms with Gasteiger partial charge in [0.1, 0.15) is 0 Å². The largest absolute Gasteiger partial charge is 0.493 e. The molecule has 0 heterocycles. The highest BCUT2D eigenvalue weighted by Crippen LogP contribution is 2.28. The third-order valence-electron chi connectivity index (χ3n) is 4.35. The van der Waals surface area contributed by atoms with Gasteiger partial charge in [0.2, 0.25) is 10.0 Å². The maximum Gasteiger partial charge on any atom is 0.254 e. The quantitative estimate of drug-likeness (QED) is 0.674. The van der Waals surface area contributed by atoms with E-state index in [-0.39, 0.29) is 10.8 Å². The molecule has 0 N–H and O–H groups in total. The molecule has 0 saturated heterocycles. The number of amides is 1. The zero-order chi connectivity index (χ0) is 20.9. The zero-order valence-corrected chi connectivity index (χ0v) is 17.6. The molecule has 2 rings (SSSR count). The maximum absolute atomic E-state index is 13.0. The van der Waals surface area contributed by atoms with E-state index in [0.29, 0.717) is 30.2 Å². The van der Waals surface area contributed by atoms with Gasteiger partial charge in [0.05, 0.1) is 19.1 Å². The van der Waals surface area contributed by atoms with E-state index in [1.165, 1.54) is 26.2 Å². The fourth-order valence-corrected chi connectivity index (χ4v) is 3.66. The summed E-state index contributed by atoms with van der Waals surface area (Å²) in [6.07, 6.45) is 0. The Hall–Kier alpha value is -2.58. The van der Waals surface area contributed by atoms with Crippen LogP contribution in [0.1, 0.15) is 22.8 Å². The van der Waals surface area contributed by atoms with Crippen molar-refractivity contribution in [2.45, 2.75) is 18.4 Å². The van der Waals surface area contributed by atoms with Crippen molar-refractivity contribution in [3.8, 4) is 11.5 Å². The van der Waals surface area contributed by atoms with Gasteiger partial charge in [-0.15, -0.1) is 0 Å². The maximum atomic E-state index is 13.0. The predicted octanol–water partition coefficient (Wildman–Crippen LogP) is 2.62. The molecule has 0 fully saturated rings. The Labute approximate surface area is 166 Å². The number of rotatable bonds is 8. The van der Waals surface area contributed by atoms with Gasteiger partial charge in [-0.05, 0) is 42.8 Å². The van der Waals surface area contributed by atoms with Crippen LogP contribution in [-0.4, -0.2) is 58.4 Å². The predicted molar refractivity (Wildman–Crippen MR) is 107 cm³/mol. The summed E-state index contributed by atoms with van der Waals surface area (Å²) in [4.78, 5) is 14.7. The first-order valence-electron chi connectivity index (χ1n) is 8.77. The van der Waals surface area contributed by atoms with Crippen molar-refractivity contribution in [1.29, 1.82) is 0 Å². The Bertz CT molecular complexity index is 941. The van der Waals surface area contributed by atoms with Crippen molar-refractivity contribution in [2.24, 2.45) is 0 Å². The Morgan fingerprint density at radius 3 is 2.25 bits per heavy atom. The minimum atomic E-state index is -3.61. The summed E-state index contributed by atoms with van der Waals surface area (Å²) in [6, 6.07) is 11.6. The second-order valence-electron chi connectivity index (χ2n) is 6.32. The fraction of sp³-hybridized carbons (Fsp3) is 0.350. The molecule has 2 aromatic carbocycles. The molecule has 28 heavy (non-hydrogen) atoms. The minimum Gasteiger partial charge on any atom is -0.493 e. The van der Waals surface area contributed by atoms with Crippen molar-refractivity contribution in [2.75, 3.05) is 34.9 Å². The van der Waals surface area contributed by atoms with Gasteiger partial charge >= 0.3 is 0 Å². The Morgan fingerprint density at radius 1 is 1.00 bits per heavy atom. The van der Waals surface area contributed by atoms with E-state index < -0.39 is 10.0 Å². The molecule has 0 radical (unpaired) electrons. The van der Waals surface area contributed by atoms with Crippen LogP contribution < -0.4 is 9.47 Å². The van der Waals surface area contributed by atoms with Crippen LogP contribution in [0.3, 0.4) is 0 Å². The monoisotopic (exact) mass is 406 g/mol. The van der Waals surface area contributed by atoms with Gasteiger partial charge in [-0.25, -0.2) is 12.7 Å². The van der Waals surface area contributed by atoms with Crippen LogP contribution in [0.2, 0.25) is 0 Å². The molecule has 0 aliphatic rings. The van der Waals surface area contributed by atoms with E-state index in [1.54, 1.807) is 37.3 Å². The highest BCUT2D eigenvalue weighted by atomic mass is 32.2. The van der Waals surface area contributed by atoms with Crippen LogP contribution >= 0.6 is 0 Å². The molecule has 7 nitrogen and oxygen atoms in total. The topological polar surface area (TPSA) is 76.1 Å². The molecule has 0 aliphatic carbocycles. The van der Waals surface area contributed by atoms with E-state index in [1.807, 2.05) is 19.1 Å². The smallest absolute Gasteiger partial charge is 0.254 e. The van der Waals surface area contributed by atoms with E-state index in [2.05, 4.69) is 0 Å². The van der Waals surface area contributed by atoms with Gasteiger partial charge in [-0.3, -0.25) is 4.79 Å². The average Bonchev–Trinajstić information content (AvgIpc) is 2.71. The second kappa shape index (κ2) is 9.07. The summed E-state index contributed by atoms with van der Waals surface area (Å²) < 4.78 is 36.4. The SMILES string of the molecule is CCN(Cc1ccc(OC)c(OC)c1)C(=O)c1cccc(S(=O)(=O)N(C)C)c1. The molecule has 0 bridgehead atoms. The lowest BCUT2D eigenvalue weighted by molar-refractivity contribution is 0.0752. The first-order valence-corrected chi connectivity index (χ1v) is 10.2. The van der Waals surface area contributed by atoms with Crippen LogP contribution in [-0.2, 0) is 16.6 Å². The lowest BCUT2D eigenvalue weighted by Gasteiger charge is -2.22. The van der Waals surface area contributed by atoms with Gasteiger partial charge in [0, 0.05) is 32.7 Å². The summed E-state index contributed by atoms with van der Waals surface area (Å²) in [5, 5.41) is 0. The molecule has 2 aromatic rings. The molecule has 0 spiro atoms. The van der Waals surface area contributed by atoms with E-state index >= 15 is 0 Å².